The molecule has 0 heterocycles. The van der Waals surface area contributed by atoms with Gasteiger partial charge in [0, 0.05) is 24.5 Å². The van der Waals surface area contributed by atoms with Crippen LogP contribution in [-0.2, 0) is 35.9 Å². The van der Waals surface area contributed by atoms with E-state index in [0.29, 0.717) is 13.1 Å². The molecule has 12 nitrogen and oxygen atoms in total. The summed E-state index contributed by atoms with van der Waals surface area (Å²) in [4.78, 5) is 20.3. The number of hydrogen-bond donors (Lipinski definition) is 10. The van der Waals surface area contributed by atoms with Gasteiger partial charge in [0.05, 0.1) is 13.2 Å². The summed E-state index contributed by atoms with van der Waals surface area (Å²) < 4.78 is 0. The van der Waals surface area contributed by atoms with Crippen LogP contribution in [0.2, 0.25) is 0 Å². The van der Waals surface area contributed by atoms with Crippen LogP contribution in [-0.4, -0.2) is 45.5 Å². The zero-order valence-electron chi connectivity index (χ0n) is 20.9. The van der Waals surface area contributed by atoms with E-state index < -0.39 is 11.9 Å². The molecule has 206 valence electrons. The van der Waals surface area contributed by atoms with Gasteiger partial charge in [-0.25, -0.2) is 10.9 Å². The minimum Gasteiger partial charge on any atom is -0.480 e. The highest BCUT2D eigenvalue weighted by Gasteiger charge is 1.96. The fourth-order valence-electron chi connectivity index (χ4n) is 2.64. The lowest BCUT2D eigenvalue weighted by atomic mass is 10.1. The molecule has 0 atom stereocenters. The molecular weight excluding hydrogens is 492 g/mol. The van der Waals surface area contributed by atoms with Crippen molar-refractivity contribution in [3.63, 3.8) is 0 Å². The molecule has 3 aromatic rings. The fourth-order valence-corrected chi connectivity index (χ4v) is 2.64. The third-order valence-corrected chi connectivity index (χ3v) is 4.71. The summed E-state index contributed by atoms with van der Waals surface area (Å²) in [5.41, 5.74) is 26.9. The number of carboxylic acids is 2. The van der Waals surface area contributed by atoms with E-state index in [1.54, 1.807) is 24.3 Å². The summed E-state index contributed by atoms with van der Waals surface area (Å²) in [6.45, 7) is 0.875. The number of nitrogens with one attached hydrogen (secondary N) is 4. The molecule has 0 aliphatic heterocycles. The molecule has 0 spiro atoms. The molecule has 0 saturated carbocycles. The number of aliphatic carboxylic acids is 2. The minimum atomic E-state index is -0.906. The summed E-state index contributed by atoms with van der Waals surface area (Å²) in [5.74, 6) is -1.81. The molecule has 0 aliphatic rings. The van der Waals surface area contributed by atoms with Crippen LogP contribution >= 0.6 is 0 Å². The van der Waals surface area contributed by atoms with Gasteiger partial charge >= 0.3 is 11.9 Å². The van der Waals surface area contributed by atoms with E-state index in [9.17, 15) is 9.59 Å². The molecule has 38 heavy (non-hydrogen) atoms. The van der Waals surface area contributed by atoms with Crippen LogP contribution in [0.25, 0.3) is 0 Å². The van der Waals surface area contributed by atoms with Gasteiger partial charge < -0.3 is 42.7 Å². The average molecular weight is 529 g/mol. The number of benzene rings is 3. The maximum atomic E-state index is 10.2. The topological polar surface area (TPSA) is 215 Å². The molecule has 12 heteroatoms. The van der Waals surface area contributed by atoms with Crippen molar-refractivity contribution in [1.29, 1.82) is 0 Å². The Morgan fingerprint density at radius 2 is 0.842 bits per heavy atom. The van der Waals surface area contributed by atoms with Crippen molar-refractivity contribution in [3.8, 4) is 0 Å². The Bertz CT molecular complexity index is 977. The van der Waals surface area contributed by atoms with Gasteiger partial charge in [-0.05, 0) is 46.5 Å². The number of aliphatic hydroxyl groups is 2. The Morgan fingerprint density at radius 1 is 0.553 bits per heavy atom. The van der Waals surface area contributed by atoms with Gasteiger partial charge in [-0.3, -0.25) is 9.59 Å². The lowest BCUT2D eigenvalue weighted by Gasteiger charge is -2.06. The largest absolute Gasteiger partial charge is 0.480 e. The van der Waals surface area contributed by atoms with E-state index in [2.05, 4.69) is 21.7 Å². The highest BCUT2D eigenvalue weighted by atomic mass is 16.4. The monoisotopic (exact) mass is 528 g/mol. The van der Waals surface area contributed by atoms with Crippen molar-refractivity contribution in [1.82, 2.24) is 10.9 Å². The Balaban J connectivity index is 0.000000290. The molecule has 0 aliphatic carbocycles. The number of anilines is 2. The van der Waals surface area contributed by atoms with Crippen molar-refractivity contribution in [2.24, 2.45) is 11.5 Å². The maximum absolute atomic E-state index is 10.2. The first kappa shape index (κ1) is 32.0. The number of hydrazine groups is 2. The second kappa shape index (κ2) is 19.1. The molecule has 0 bridgehead atoms. The highest BCUT2D eigenvalue weighted by molar-refractivity contribution is 5.69. The van der Waals surface area contributed by atoms with Gasteiger partial charge in [0.1, 0.15) is 13.1 Å². The van der Waals surface area contributed by atoms with Crippen LogP contribution in [0.3, 0.4) is 0 Å². The number of carboxylic acid groups (broad SMARTS) is 2. The predicted octanol–water partition coefficient (Wildman–Crippen LogP) is 0.964. The molecule has 0 unspecified atom stereocenters. The highest BCUT2D eigenvalue weighted by Crippen LogP contribution is 2.08. The summed E-state index contributed by atoms with van der Waals surface area (Å²) in [5, 5.41) is 34.0. The van der Waals surface area contributed by atoms with Crippen LogP contribution in [0.4, 0.5) is 11.4 Å². The number of carbonyl (C=O) groups is 2. The quantitative estimate of drug-likeness (QED) is 0.149. The Labute approximate surface area is 221 Å². The van der Waals surface area contributed by atoms with Gasteiger partial charge in [-0.2, -0.15) is 0 Å². The Hall–Kier alpha value is -4.04. The van der Waals surface area contributed by atoms with Crippen molar-refractivity contribution in [2.45, 2.75) is 26.3 Å². The maximum Gasteiger partial charge on any atom is 0.319 e. The first-order chi connectivity index (χ1) is 18.3. The molecule has 3 aromatic carbocycles. The first-order valence-corrected chi connectivity index (χ1v) is 11.6. The third kappa shape index (κ3) is 14.5. The summed E-state index contributed by atoms with van der Waals surface area (Å²) in [6.07, 6.45) is 0. The van der Waals surface area contributed by atoms with Crippen LogP contribution in [0.1, 0.15) is 22.3 Å². The van der Waals surface area contributed by atoms with Crippen molar-refractivity contribution >= 4 is 23.3 Å². The first-order valence-electron chi connectivity index (χ1n) is 11.6. The van der Waals surface area contributed by atoms with Crippen LogP contribution in [0.5, 0.6) is 0 Å². The second-order valence-corrected chi connectivity index (χ2v) is 7.68. The lowest BCUT2D eigenvalue weighted by molar-refractivity contribution is -0.136. The lowest BCUT2D eigenvalue weighted by Crippen LogP contribution is -2.27. The van der Waals surface area contributed by atoms with E-state index in [0.717, 1.165) is 33.6 Å². The SMILES string of the molecule is NCc1ccc(NNCC(=O)O)cc1.NCc1ccc(NNCC(=O)O)cc1.OCc1ccc(CO)cc1. The van der Waals surface area contributed by atoms with Crippen molar-refractivity contribution in [2.75, 3.05) is 23.9 Å². The molecule has 0 aromatic heterocycles. The van der Waals surface area contributed by atoms with Crippen molar-refractivity contribution < 1.29 is 30.0 Å². The van der Waals surface area contributed by atoms with Gasteiger partial charge in [-0.1, -0.05) is 48.5 Å². The molecule has 0 amide bonds. The van der Waals surface area contributed by atoms with Crippen molar-refractivity contribution in [3.05, 3.63) is 95.1 Å². The number of aliphatic hydroxyl groups excluding tert-OH is 2. The van der Waals surface area contributed by atoms with Gasteiger partial charge in [0.2, 0.25) is 0 Å². The van der Waals surface area contributed by atoms with Crippen LogP contribution in [0, 0.1) is 0 Å². The molecule has 0 radical (unpaired) electrons. The fraction of sp³-hybridized carbons (Fsp3) is 0.231. The molecule has 12 N–H and O–H groups in total. The minimum absolute atomic E-state index is 0.0612. The van der Waals surface area contributed by atoms with E-state index in [-0.39, 0.29) is 26.3 Å². The number of hydrogen-bond acceptors (Lipinski definition) is 10. The van der Waals surface area contributed by atoms with E-state index in [1.807, 2.05) is 48.5 Å². The van der Waals surface area contributed by atoms with E-state index >= 15 is 0 Å². The Kier molecular flexibility index (Phi) is 16.1. The molecule has 0 saturated heterocycles. The Morgan fingerprint density at radius 3 is 1.08 bits per heavy atom. The molecular formula is C26H36N6O6. The number of rotatable bonds is 12. The van der Waals surface area contributed by atoms with E-state index in [4.69, 9.17) is 31.9 Å². The smallest absolute Gasteiger partial charge is 0.319 e. The number of nitrogens with two attached hydrogens (primary N) is 2. The zero-order valence-corrected chi connectivity index (χ0v) is 20.9. The van der Waals surface area contributed by atoms with Gasteiger partial charge in [0.15, 0.2) is 0 Å². The standard InChI is InChI=1S/2C9H13N3O2.C8H10O2/c2*10-5-7-1-3-8(4-2-7)12-11-6-9(13)14;9-5-7-1-2-8(6-10)4-3-7/h2*1-4,11-12H,5-6,10H2,(H,13,14);1-4,9-10H,5-6H2. The second-order valence-electron chi connectivity index (χ2n) is 7.68. The van der Waals surface area contributed by atoms with Gasteiger partial charge in [0.25, 0.3) is 0 Å². The van der Waals surface area contributed by atoms with Crippen LogP contribution < -0.4 is 33.2 Å². The summed E-state index contributed by atoms with van der Waals surface area (Å²) in [7, 11) is 0. The predicted molar refractivity (Wildman–Crippen MR) is 145 cm³/mol. The summed E-state index contributed by atoms with van der Waals surface area (Å²) >= 11 is 0. The molecule has 0 fully saturated rings. The van der Waals surface area contributed by atoms with Crippen LogP contribution in [0.15, 0.2) is 72.8 Å². The molecule has 3 rings (SSSR count). The third-order valence-electron chi connectivity index (χ3n) is 4.71. The zero-order chi connectivity index (χ0) is 28.2. The normalized spacial score (nSPS) is 9.79. The summed E-state index contributed by atoms with van der Waals surface area (Å²) in [6, 6.07) is 22.0. The average Bonchev–Trinajstić information content (AvgIpc) is 2.94. The van der Waals surface area contributed by atoms with Gasteiger partial charge in [-0.15, -0.1) is 0 Å². The van der Waals surface area contributed by atoms with E-state index in [1.165, 1.54) is 0 Å².